The van der Waals surface area contributed by atoms with Gasteiger partial charge in [-0.25, -0.2) is 12.8 Å². The fourth-order valence-electron chi connectivity index (χ4n) is 2.67. The number of nitrogens with two attached hydrogens (primary N) is 1. The summed E-state index contributed by atoms with van der Waals surface area (Å²) >= 11 is 6.08. The number of hydrogen-bond donors (Lipinski definition) is 3. The molecule has 0 aromatic heterocycles. The van der Waals surface area contributed by atoms with Crippen LogP contribution in [0.2, 0.25) is 5.02 Å². The van der Waals surface area contributed by atoms with Gasteiger partial charge in [-0.05, 0) is 60.2 Å². The molecule has 2 amide bonds. The van der Waals surface area contributed by atoms with E-state index in [9.17, 15) is 22.4 Å². The van der Waals surface area contributed by atoms with Crippen LogP contribution in [0.5, 0.6) is 0 Å². The SMILES string of the molecule is NC(=O)Cc1ccc(NC(=O)c2ccc(Cl)c(NS(=O)(=O)c3ccc(F)cc3)c2)cc1. The van der Waals surface area contributed by atoms with Crippen molar-refractivity contribution in [2.45, 2.75) is 11.3 Å². The Labute approximate surface area is 183 Å². The second kappa shape index (κ2) is 9.15. The maximum absolute atomic E-state index is 13.1. The smallest absolute Gasteiger partial charge is 0.261 e. The van der Waals surface area contributed by atoms with E-state index in [0.29, 0.717) is 11.3 Å². The molecule has 7 nitrogen and oxygen atoms in total. The predicted octanol–water partition coefficient (Wildman–Crippen LogP) is 3.56. The molecule has 0 atom stereocenters. The molecule has 4 N–H and O–H groups in total. The third kappa shape index (κ3) is 5.80. The maximum Gasteiger partial charge on any atom is 0.261 e. The highest BCUT2D eigenvalue weighted by molar-refractivity contribution is 7.92. The summed E-state index contributed by atoms with van der Waals surface area (Å²) in [6.07, 6.45) is 0.0863. The van der Waals surface area contributed by atoms with Gasteiger partial charge in [0.15, 0.2) is 0 Å². The Balaban J connectivity index is 1.77. The Kier molecular flexibility index (Phi) is 6.57. The molecule has 0 fully saturated rings. The third-order valence-corrected chi connectivity index (χ3v) is 5.90. The minimum atomic E-state index is -4.04. The van der Waals surface area contributed by atoms with Crippen molar-refractivity contribution in [3.63, 3.8) is 0 Å². The Hall–Kier alpha value is -3.43. The highest BCUT2D eigenvalue weighted by Crippen LogP contribution is 2.26. The summed E-state index contributed by atoms with van der Waals surface area (Å²) in [7, 11) is -4.04. The number of halogens is 2. The summed E-state index contributed by atoms with van der Waals surface area (Å²) in [4.78, 5) is 23.4. The Morgan fingerprint density at radius 1 is 0.968 bits per heavy atom. The van der Waals surface area contributed by atoms with E-state index in [4.69, 9.17) is 17.3 Å². The summed E-state index contributed by atoms with van der Waals surface area (Å²) in [6, 6.07) is 14.9. The average Bonchev–Trinajstić information content (AvgIpc) is 2.71. The van der Waals surface area contributed by atoms with Crippen molar-refractivity contribution in [2.75, 3.05) is 10.0 Å². The van der Waals surface area contributed by atoms with Gasteiger partial charge in [-0.15, -0.1) is 0 Å². The van der Waals surface area contributed by atoms with Crippen molar-refractivity contribution in [1.82, 2.24) is 0 Å². The lowest BCUT2D eigenvalue weighted by molar-refractivity contribution is -0.117. The molecule has 10 heteroatoms. The van der Waals surface area contributed by atoms with Gasteiger partial charge in [0.25, 0.3) is 15.9 Å². The van der Waals surface area contributed by atoms with E-state index in [1.165, 1.54) is 18.2 Å². The lowest BCUT2D eigenvalue weighted by Gasteiger charge is -2.12. The molecule has 0 saturated heterocycles. The number of carbonyl (C=O) groups excluding carboxylic acids is 2. The lowest BCUT2D eigenvalue weighted by atomic mass is 10.1. The number of primary amides is 1. The zero-order valence-electron chi connectivity index (χ0n) is 15.9. The summed E-state index contributed by atoms with van der Waals surface area (Å²) in [6.45, 7) is 0. The van der Waals surface area contributed by atoms with E-state index >= 15 is 0 Å². The van der Waals surface area contributed by atoms with Crippen molar-refractivity contribution < 1.29 is 22.4 Å². The molecule has 0 heterocycles. The first-order chi connectivity index (χ1) is 14.6. The first-order valence-electron chi connectivity index (χ1n) is 8.90. The molecule has 0 saturated carbocycles. The molecule has 0 unspecified atom stereocenters. The zero-order valence-corrected chi connectivity index (χ0v) is 17.5. The fraction of sp³-hybridized carbons (Fsp3) is 0.0476. The highest BCUT2D eigenvalue weighted by Gasteiger charge is 2.17. The topological polar surface area (TPSA) is 118 Å². The molecule has 3 aromatic carbocycles. The number of benzene rings is 3. The highest BCUT2D eigenvalue weighted by atomic mass is 35.5. The molecular formula is C21H17ClFN3O4S. The molecular weight excluding hydrogens is 445 g/mol. The first-order valence-corrected chi connectivity index (χ1v) is 10.8. The molecule has 0 aliphatic rings. The fourth-order valence-corrected chi connectivity index (χ4v) is 3.96. The van der Waals surface area contributed by atoms with Gasteiger partial charge in [-0.2, -0.15) is 0 Å². The standard InChI is InChI=1S/C21H17ClFN3O4S/c22-18-10-3-14(21(28)25-16-6-1-13(2-7-16)11-20(24)27)12-19(18)26-31(29,30)17-8-4-15(23)5-9-17/h1-10,12,26H,11H2,(H2,24,27)(H,25,28). The number of carbonyl (C=O) groups is 2. The molecule has 3 rings (SSSR count). The van der Waals surface area contributed by atoms with Crippen LogP contribution in [0.3, 0.4) is 0 Å². The van der Waals surface area contributed by atoms with Crippen molar-refractivity contribution >= 4 is 44.8 Å². The summed E-state index contributed by atoms with van der Waals surface area (Å²) in [5.41, 5.74) is 6.48. The minimum Gasteiger partial charge on any atom is -0.369 e. The lowest BCUT2D eigenvalue weighted by Crippen LogP contribution is -2.16. The molecule has 0 aliphatic heterocycles. The largest absolute Gasteiger partial charge is 0.369 e. The first kappa shape index (κ1) is 22.3. The van der Waals surface area contributed by atoms with Gasteiger partial charge >= 0.3 is 0 Å². The molecule has 0 spiro atoms. The number of rotatable bonds is 7. The van der Waals surface area contributed by atoms with E-state index in [2.05, 4.69) is 10.0 Å². The number of nitrogens with one attached hydrogen (secondary N) is 2. The van der Waals surface area contributed by atoms with Crippen molar-refractivity contribution in [1.29, 1.82) is 0 Å². The van der Waals surface area contributed by atoms with Gasteiger partial charge in [-0.3, -0.25) is 14.3 Å². The Morgan fingerprint density at radius 2 is 1.61 bits per heavy atom. The van der Waals surface area contributed by atoms with Crippen LogP contribution in [0.4, 0.5) is 15.8 Å². The normalized spacial score (nSPS) is 11.0. The van der Waals surface area contributed by atoms with Crippen LogP contribution in [0.25, 0.3) is 0 Å². The van der Waals surface area contributed by atoms with Crippen LogP contribution in [0.15, 0.2) is 71.6 Å². The Morgan fingerprint density at radius 3 is 2.23 bits per heavy atom. The zero-order chi connectivity index (χ0) is 22.6. The summed E-state index contributed by atoms with van der Waals surface area (Å²) < 4.78 is 40.4. The Bertz CT molecular complexity index is 1230. The quantitative estimate of drug-likeness (QED) is 0.498. The summed E-state index contributed by atoms with van der Waals surface area (Å²) in [5.74, 6) is -1.53. The van der Waals surface area contributed by atoms with E-state index in [-0.39, 0.29) is 27.6 Å². The number of amides is 2. The third-order valence-electron chi connectivity index (χ3n) is 4.19. The van der Waals surface area contributed by atoms with E-state index in [1.807, 2.05) is 0 Å². The van der Waals surface area contributed by atoms with Crippen LogP contribution in [-0.2, 0) is 21.2 Å². The van der Waals surface area contributed by atoms with Gasteiger partial charge in [0.1, 0.15) is 5.82 Å². The van der Waals surface area contributed by atoms with Gasteiger partial charge in [0.05, 0.1) is 22.0 Å². The van der Waals surface area contributed by atoms with E-state index in [1.54, 1.807) is 24.3 Å². The molecule has 31 heavy (non-hydrogen) atoms. The predicted molar refractivity (Wildman–Crippen MR) is 116 cm³/mol. The monoisotopic (exact) mass is 461 g/mol. The van der Waals surface area contributed by atoms with Gasteiger partial charge in [0.2, 0.25) is 5.91 Å². The van der Waals surface area contributed by atoms with Gasteiger partial charge < -0.3 is 11.1 Å². The van der Waals surface area contributed by atoms with Gasteiger partial charge in [0, 0.05) is 11.3 Å². The molecule has 0 bridgehead atoms. The van der Waals surface area contributed by atoms with Crippen molar-refractivity contribution in [2.24, 2.45) is 5.73 Å². The average molecular weight is 462 g/mol. The minimum absolute atomic E-state index is 0.00422. The number of anilines is 2. The van der Waals surface area contributed by atoms with Crippen molar-refractivity contribution in [3.8, 4) is 0 Å². The summed E-state index contributed by atoms with van der Waals surface area (Å²) in [5, 5.41) is 2.75. The van der Waals surface area contributed by atoms with Crippen LogP contribution in [0.1, 0.15) is 15.9 Å². The second-order valence-electron chi connectivity index (χ2n) is 6.55. The van der Waals surface area contributed by atoms with E-state index in [0.717, 1.165) is 24.3 Å². The molecule has 0 aliphatic carbocycles. The van der Waals surface area contributed by atoms with Crippen LogP contribution in [-0.4, -0.2) is 20.2 Å². The van der Waals surface area contributed by atoms with Crippen molar-refractivity contribution in [3.05, 3.63) is 88.7 Å². The molecule has 160 valence electrons. The number of hydrogen-bond acceptors (Lipinski definition) is 4. The van der Waals surface area contributed by atoms with E-state index < -0.39 is 27.7 Å². The van der Waals surface area contributed by atoms with Crippen LogP contribution in [0, 0.1) is 5.82 Å². The van der Waals surface area contributed by atoms with Gasteiger partial charge in [-0.1, -0.05) is 23.7 Å². The second-order valence-corrected chi connectivity index (χ2v) is 8.64. The number of sulfonamides is 1. The van der Waals surface area contributed by atoms with Crippen LogP contribution >= 0.6 is 11.6 Å². The maximum atomic E-state index is 13.1. The van der Waals surface area contributed by atoms with Crippen LogP contribution < -0.4 is 15.8 Å². The molecule has 0 radical (unpaired) electrons. The molecule has 3 aromatic rings.